The van der Waals surface area contributed by atoms with Gasteiger partial charge >= 0.3 is 0 Å². The van der Waals surface area contributed by atoms with E-state index >= 15 is 0 Å². The van der Waals surface area contributed by atoms with Gasteiger partial charge in [-0.3, -0.25) is 9.59 Å². The molecule has 144 valence electrons. The Hall–Kier alpha value is -4.21. The highest BCUT2D eigenvalue weighted by Crippen LogP contribution is 2.16. The number of carbonyl (C=O) groups excluding carboxylic acids is 1. The van der Waals surface area contributed by atoms with Gasteiger partial charge in [-0.25, -0.2) is 13.8 Å². The first-order valence-electron chi connectivity index (χ1n) is 8.56. The average Bonchev–Trinajstić information content (AvgIpc) is 3.26. The maximum Gasteiger partial charge on any atom is 0.267 e. The lowest BCUT2D eigenvalue weighted by Gasteiger charge is -2.09. The largest absolute Gasteiger partial charge is 0.324 e. The maximum absolute atomic E-state index is 13.1. The van der Waals surface area contributed by atoms with Crippen molar-refractivity contribution in [1.82, 2.24) is 30.0 Å². The van der Waals surface area contributed by atoms with E-state index in [0.717, 1.165) is 10.4 Å². The zero-order chi connectivity index (χ0) is 20.2. The molecule has 0 aliphatic carbocycles. The van der Waals surface area contributed by atoms with Gasteiger partial charge in [0.05, 0.1) is 11.4 Å². The predicted molar refractivity (Wildman–Crippen MR) is 102 cm³/mol. The van der Waals surface area contributed by atoms with Gasteiger partial charge in [-0.15, -0.1) is 5.10 Å². The van der Waals surface area contributed by atoms with E-state index in [1.165, 1.54) is 35.3 Å². The number of aromatic nitrogens is 6. The Morgan fingerprint density at radius 1 is 1.00 bits per heavy atom. The molecule has 1 N–H and O–H groups in total. The first-order valence-corrected chi connectivity index (χ1v) is 8.56. The summed E-state index contributed by atoms with van der Waals surface area (Å²) in [6.07, 6.45) is 1.46. The summed E-state index contributed by atoms with van der Waals surface area (Å²) in [7, 11) is 0. The SMILES string of the molecule is O=C(Cn1nc(-c2ccc(F)cc2)ccc1=O)Nc1ccc(-n2cnnn2)cc1. The Bertz CT molecular complexity index is 1190. The number of benzene rings is 2. The van der Waals surface area contributed by atoms with Crippen LogP contribution in [0, 0.1) is 5.82 Å². The molecule has 0 saturated carbocycles. The van der Waals surface area contributed by atoms with E-state index in [0.29, 0.717) is 16.9 Å². The Labute approximate surface area is 163 Å². The number of tetrazole rings is 1. The highest BCUT2D eigenvalue weighted by molar-refractivity contribution is 5.90. The third kappa shape index (κ3) is 4.21. The van der Waals surface area contributed by atoms with E-state index in [1.807, 2.05) is 0 Å². The van der Waals surface area contributed by atoms with Gasteiger partial charge in [-0.05, 0) is 65.0 Å². The molecule has 0 radical (unpaired) electrons. The van der Waals surface area contributed by atoms with Gasteiger partial charge in [-0.2, -0.15) is 5.10 Å². The fraction of sp³-hybridized carbons (Fsp3) is 0.0526. The van der Waals surface area contributed by atoms with Crippen molar-refractivity contribution in [2.24, 2.45) is 0 Å². The molecular formula is C19H14FN7O2. The Morgan fingerprint density at radius 2 is 1.76 bits per heavy atom. The van der Waals surface area contributed by atoms with Crippen molar-refractivity contribution < 1.29 is 9.18 Å². The minimum Gasteiger partial charge on any atom is -0.324 e. The van der Waals surface area contributed by atoms with Crippen molar-refractivity contribution in [3.05, 3.63) is 83.2 Å². The fourth-order valence-electron chi connectivity index (χ4n) is 2.65. The van der Waals surface area contributed by atoms with Crippen LogP contribution in [0.1, 0.15) is 0 Å². The number of halogens is 1. The quantitative estimate of drug-likeness (QED) is 0.554. The maximum atomic E-state index is 13.1. The van der Waals surface area contributed by atoms with Crippen molar-refractivity contribution in [1.29, 1.82) is 0 Å². The van der Waals surface area contributed by atoms with Crippen LogP contribution >= 0.6 is 0 Å². The molecule has 1 amide bonds. The average molecular weight is 391 g/mol. The van der Waals surface area contributed by atoms with Crippen molar-refractivity contribution in [3.8, 4) is 16.9 Å². The van der Waals surface area contributed by atoms with E-state index in [1.54, 1.807) is 36.4 Å². The molecule has 0 aliphatic heterocycles. The second kappa shape index (κ2) is 7.80. The van der Waals surface area contributed by atoms with E-state index < -0.39 is 11.5 Å². The van der Waals surface area contributed by atoms with Crippen LogP contribution in [0.4, 0.5) is 10.1 Å². The van der Waals surface area contributed by atoms with Crippen LogP contribution in [-0.4, -0.2) is 35.9 Å². The van der Waals surface area contributed by atoms with Gasteiger partial charge in [0.15, 0.2) is 0 Å². The molecule has 2 heterocycles. The number of anilines is 1. The smallest absolute Gasteiger partial charge is 0.267 e. The topological polar surface area (TPSA) is 108 Å². The molecule has 9 nitrogen and oxygen atoms in total. The van der Waals surface area contributed by atoms with Gasteiger partial charge in [0, 0.05) is 17.3 Å². The molecule has 0 fully saturated rings. The molecule has 4 rings (SSSR count). The van der Waals surface area contributed by atoms with Crippen molar-refractivity contribution in [2.45, 2.75) is 6.54 Å². The van der Waals surface area contributed by atoms with Crippen molar-refractivity contribution in [3.63, 3.8) is 0 Å². The summed E-state index contributed by atoms with van der Waals surface area (Å²) in [6, 6.07) is 15.4. The highest BCUT2D eigenvalue weighted by atomic mass is 19.1. The molecule has 10 heteroatoms. The van der Waals surface area contributed by atoms with Gasteiger partial charge in [0.25, 0.3) is 5.56 Å². The van der Waals surface area contributed by atoms with Crippen molar-refractivity contribution >= 4 is 11.6 Å². The molecule has 0 aliphatic rings. The summed E-state index contributed by atoms with van der Waals surface area (Å²) in [5.41, 5.74) is 1.97. The standard InChI is InChI=1S/C19H14FN7O2/c20-14-3-1-13(2-4-14)17-9-10-19(29)26(23-17)11-18(28)22-15-5-7-16(8-6-15)27-12-21-24-25-27/h1-10,12H,11H2,(H,22,28). The molecule has 4 aromatic rings. The lowest BCUT2D eigenvalue weighted by atomic mass is 10.1. The van der Waals surface area contributed by atoms with E-state index in [-0.39, 0.29) is 12.4 Å². The van der Waals surface area contributed by atoms with Crippen LogP contribution in [-0.2, 0) is 11.3 Å². The molecule has 0 atom stereocenters. The highest BCUT2D eigenvalue weighted by Gasteiger charge is 2.09. The van der Waals surface area contributed by atoms with Gasteiger partial charge in [0.2, 0.25) is 5.91 Å². The summed E-state index contributed by atoms with van der Waals surface area (Å²) < 4.78 is 15.6. The predicted octanol–water partition coefficient (Wildman–Crippen LogP) is 1.66. The number of nitrogens with one attached hydrogen (secondary N) is 1. The summed E-state index contributed by atoms with van der Waals surface area (Å²) in [6.45, 7) is -0.261. The van der Waals surface area contributed by atoms with Crippen LogP contribution in [0.5, 0.6) is 0 Å². The summed E-state index contributed by atoms with van der Waals surface area (Å²) >= 11 is 0. The minimum atomic E-state index is -0.417. The van der Waals surface area contributed by atoms with Crippen LogP contribution < -0.4 is 10.9 Å². The molecular weight excluding hydrogens is 377 g/mol. The van der Waals surface area contributed by atoms with Gasteiger partial charge in [0.1, 0.15) is 18.7 Å². The van der Waals surface area contributed by atoms with E-state index in [2.05, 4.69) is 25.9 Å². The summed E-state index contributed by atoms with van der Waals surface area (Å²) in [5.74, 6) is -0.779. The number of amides is 1. The second-order valence-electron chi connectivity index (χ2n) is 6.07. The first kappa shape index (κ1) is 18.2. The molecule has 0 spiro atoms. The summed E-state index contributed by atoms with van der Waals surface area (Å²) in [5, 5.41) is 17.8. The van der Waals surface area contributed by atoms with Crippen LogP contribution in [0.15, 0.2) is 71.8 Å². The number of carbonyl (C=O) groups is 1. The molecule has 0 bridgehead atoms. The van der Waals surface area contributed by atoms with Crippen LogP contribution in [0.3, 0.4) is 0 Å². The minimum absolute atomic E-state index is 0.261. The molecule has 2 aromatic heterocycles. The zero-order valence-electron chi connectivity index (χ0n) is 14.9. The van der Waals surface area contributed by atoms with Crippen LogP contribution in [0.25, 0.3) is 16.9 Å². The van der Waals surface area contributed by atoms with Crippen molar-refractivity contribution in [2.75, 3.05) is 5.32 Å². The molecule has 0 saturated heterocycles. The molecule has 29 heavy (non-hydrogen) atoms. The monoisotopic (exact) mass is 391 g/mol. The summed E-state index contributed by atoms with van der Waals surface area (Å²) in [4.78, 5) is 24.4. The van der Waals surface area contributed by atoms with Crippen LogP contribution in [0.2, 0.25) is 0 Å². The van der Waals surface area contributed by atoms with E-state index in [4.69, 9.17) is 0 Å². The zero-order valence-corrected chi connectivity index (χ0v) is 14.9. The van der Waals surface area contributed by atoms with E-state index in [9.17, 15) is 14.0 Å². The first-order chi connectivity index (χ1) is 14.1. The second-order valence-corrected chi connectivity index (χ2v) is 6.07. The lowest BCUT2D eigenvalue weighted by Crippen LogP contribution is -2.29. The normalized spacial score (nSPS) is 10.7. The number of nitrogens with zero attached hydrogens (tertiary/aromatic N) is 6. The molecule has 0 unspecified atom stereocenters. The number of rotatable bonds is 5. The third-order valence-corrected chi connectivity index (χ3v) is 4.06. The van der Waals surface area contributed by atoms with Gasteiger partial charge in [-0.1, -0.05) is 0 Å². The Morgan fingerprint density at radius 3 is 2.45 bits per heavy atom. The number of hydrogen-bond donors (Lipinski definition) is 1. The molecule has 2 aromatic carbocycles. The number of hydrogen-bond acceptors (Lipinski definition) is 6. The Balaban J connectivity index is 1.47. The Kier molecular flexibility index (Phi) is 4.89. The lowest BCUT2D eigenvalue weighted by molar-refractivity contribution is -0.117. The van der Waals surface area contributed by atoms with Gasteiger partial charge < -0.3 is 5.32 Å². The third-order valence-electron chi connectivity index (χ3n) is 4.06. The fourth-order valence-corrected chi connectivity index (χ4v) is 2.65.